The molecule has 5 nitrogen and oxygen atoms in total. The van der Waals surface area contributed by atoms with Crippen LogP contribution in [0.25, 0.3) is 0 Å². The molecule has 0 saturated carbocycles. The number of anilines is 1. The van der Waals surface area contributed by atoms with Crippen molar-refractivity contribution in [2.24, 2.45) is 5.73 Å². The lowest BCUT2D eigenvalue weighted by Crippen LogP contribution is -2.54. The van der Waals surface area contributed by atoms with Crippen molar-refractivity contribution in [2.45, 2.75) is 39.0 Å². The number of aryl methyl sites for hydroxylation is 1. The lowest BCUT2D eigenvalue weighted by atomic mass is 10.0. The molecule has 0 radical (unpaired) electrons. The minimum Gasteiger partial charge on any atom is -0.394 e. The summed E-state index contributed by atoms with van der Waals surface area (Å²) in [6.07, 6.45) is -0.174. The summed E-state index contributed by atoms with van der Waals surface area (Å²) in [5.41, 5.74) is 7.46. The molecule has 1 fully saturated rings. The molecule has 1 aliphatic heterocycles. The minimum atomic E-state index is -0.292. The van der Waals surface area contributed by atoms with Crippen molar-refractivity contribution in [3.05, 3.63) is 23.4 Å². The Hall–Kier alpha value is -1.17. The standard InChI is InChI=1S/C14H23N3O2/c1-10-4-11(6-15)5-13(16-10)17-7-12(8-18)19-14(2,3)9-17/h4-5,12,18H,6-9,15H2,1-3H3. The van der Waals surface area contributed by atoms with Gasteiger partial charge in [0.25, 0.3) is 0 Å². The number of ether oxygens (including phenoxy) is 1. The Morgan fingerprint density at radius 1 is 1.53 bits per heavy atom. The van der Waals surface area contributed by atoms with Gasteiger partial charge in [-0.15, -0.1) is 0 Å². The van der Waals surface area contributed by atoms with Gasteiger partial charge in [0.05, 0.1) is 18.3 Å². The maximum absolute atomic E-state index is 9.35. The van der Waals surface area contributed by atoms with Crippen LogP contribution in [-0.4, -0.2) is 41.5 Å². The molecule has 2 rings (SSSR count). The van der Waals surface area contributed by atoms with Crippen molar-refractivity contribution in [1.29, 1.82) is 0 Å². The topological polar surface area (TPSA) is 71.6 Å². The predicted molar refractivity (Wildman–Crippen MR) is 75.1 cm³/mol. The summed E-state index contributed by atoms with van der Waals surface area (Å²) in [5.74, 6) is 0.912. The van der Waals surface area contributed by atoms with E-state index in [9.17, 15) is 5.11 Å². The number of aliphatic hydroxyl groups excluding tert-OH is 1. The fraction of sp³-hybridized carbons (Fsp3) is 0.643. The number of nitrogens with zero attached hydrogens (tertiary/aromatic N) is 2. The van der Waals surface area contributed by atoms with Gasteiger partial charge in [-0.05, 0) is 38.5 Å². The van der Waals surface area contributed by atoms with Crippen LogP contribution in [0.5, 0.6) is 0 Å². The Morgan fingerprint density at radius 3 is 2.89 bits per heavy atom. The normalized spacial score (nSPS) is 22.6. The summed E-state index contributed by atoms with van der Waals surface area (Å²) in [7, 11) is 0. The van der Waals surface area contributed by atoms with Crippen LogP contribution in [0, 0.1) is 6.92 Å². The first kappa shape index (κ1) is 14.2. The van der Waals surface area contributed by atoms with Crippen LogP contribution in [0.15, 0.2) is 12.1 Å². The molecule has 1 aromatic heterocycles. The lowest BCUT2D eigenvalue weighted by Gasteiger charge is -2.43. The number of nitrogens with two attached hydrogens (primary N) is 1. The number of rotatable bonds is 3. The van der Waals surface area contributed by atoms with Crippen LogP contribution < -0.4 is 10.6 Å². The number of pyridine rings is 1. The van der Waals surface area contributed by atoms with Crippen LogP contribution in [0.1, 0.15) is 25.1 Å². The van der Waals surface area contributed by atoms with E-state index in [1.807, 2.05) is 32.9 Å². The van der Waals surface area contributed by atoms with Gasteiger partial charge in [-0.2, -0.15) is 0 Å². The molecule has 0 spiro atoms. The highest BCUT2D eigenvalue weighted by Crippen LogP contribution is 2.25. The molecular formula is C14H23N3O2. The first-order valence-corrected chi connectivity index (χ1v) is 6.65. The number of aliphatic hydroxyl groups is 1. The monoisotopic (exact) mass is 265 g/mol. The molecule has 1 atom stereocenters. The molecule has 19 heavy (non-hydrogen) atoms. The summed E-state index contributed by atoms with van der Waals surface area (Å²) in [6.45, 7) is 7.97. The van der Waals surface area contributed by atoms with E-state index >= 15 is 0 Å². The zero-order valence-electron chi connectivity index (χ0n) is 11.9. The summed E-state index contributed by atoms with van der Waals surface area (Å²) in [5, 5.41) is 9.35. The fourth-order valence-corrected chi connectivity index (χ4v) is 2.57. The van der Waals surface area contributed by atoms with Gasteiger partial charge < -0.3 is 20.5 Å². The van der Waals surface area contributed by atoms with Gasteiger partial charge in [-0.25, -0.2) is 4.98 Å². The minimum absolute atomic E-state index is 0.0233. The van der Waals surface area contributed by atoms with E-state index < -0.39 is 0 Å². The lowest BCUT2D eigenvalue weighted by molar-refractivity contribution is -0.101. The second-order valence-corrected chi connectivity index (χ2v) is 5.74. The van der Waals surface area contributed by atoms with Gasteiger partial charge in [-0.1, -0.05) is 0 Å². The van der Waals surface area contributed by atoms with Crippen molar-refractivity contribution in [1.82, 2.24) is 4.98 Å². The molecule has 1 unspecified atom stereocenters. The van der Waals surface area contributed by atoms with E-state index in [4.69, 9.17) is 10.5 Å². The van der Waals surface area contributed by atoms with Gasteiger partial charge >= 0.3 is 0 Å². The summed E-state index contributed by atoms with van der Waals surface area (Å²) >= 11 is 0. The Kier molecular flexibility index (Phi) is 4.08. The zero-order chi connectivity index (χ0) is 14.0. The number of morpholine rings is 1. The molecule has 1 aliphatic rings. The van der Waals surface area contributed by atoms with E-state index in [2.05, 4.69) is 9.88 Å². The highest BCUT2D eigenvalue weighted by Gasteiger charge is 2.33. The molecule has 1 aromatic rings. The third-order valence-electron chi connectivity index (χ3n) is 3.24. The summed E-state index contributed by atoms with van der Waals surface area (Å²) < 4.78 is 5.82. The van der Waals surface area contributed by atoms with Crippen molar-refractivity contribution in [3.63, 3.8) is 0 Å². The van der Waals surface area contributed by atoms with E-state index in [0.29, 0.717) is 13.1 Å². The molecule has 3 N–H and O–H groups in total. The van der Waals surface area contributed by atoms with Gasteiger partial charge in [0.2, 0.25) is 0 Å². The first-order chi connectivity index (χ1) is 8.93. The largest absolute Gasteiger partial charge is 0.394 e. The van der Waals surface area contributed by atoms with E-state index in [1.54, 1.807) is 0 Å². The summed E-state index contributed by atoms with van der Waals surface area (Å²) in [6, 6.07) is 4.02. The molecule has 106 valence electrons. The molecule has 0 amide bonds. The highest BCUT2D eigenvalue weighted by molar-refractivity contribution is 5.43. The van der Waals surface area contributed by atoms with Crippen molar-refractivity contribution in [3.8, 4) is 0 Å². The maximum Gasteiger partial charge on any atom is 0.129 e. The molecule has 0 bridgehead atoms. The fourth-order valence-electron chi connectivity index (χ4n) is 2.57. The Labute approximate surface area is 114 Å². The van der Waals surface area contributed by atoms with Crippen LogP contribution >= 0.6 is 0 Å². The second kappa shape index (κ2) is 5.45. The average Bonchev–Trinajstić information content (AvgIpc) is 2.36. The molecule has 0 aliphatic carbocycles. The van der Waals surface area contributed by atoms with Crippen molar-refractivity contribution < 1.29 is 9.84 Å². The van der Waals surface area contributed by atoms with Gasteiger partial charge in [0, 0.05) is 25.3 Å². The van der Waals surface area contributed by atoms with Crippen LogP contribution in [-0.2, 0) is 11.3 Å². The van der Waals surface area contributed by atoms with Crippen LogP contribution in [0.4, 0.5) is 5.82 Å². The quantitative estimate of drug-likeness (QED) is 0.847. The smallest absolute Gasteiger partial charge is 0.129 e. The van der Waals surface area contributed by atoms with Gasteiger partial charge in [0.15, 0.2) is 0 Å². The van der Waals surface area contributed by atoms with E-state index in [1.165, 1.54) is 0 Å². The maximum atomic E-state index is 9.35. The van der Waals surface area contributed by atoms with Gasteiger partial charge in [0.1, 0.15) is 5.82 Å². The molecule has 0 aromatic carbocycles. The number of hydrogen-bond donors (Lipinski definition) is 2. The molecular weight excluding hydrogens is 242 g/mol. The molecule has 5 heteroatoms. The van der Waals surface area contributed by atoms with E-state index in [-0.39, 0.29) is 18.3 Å². The Balaban J connectivity index is 2.27. The van der Waals surface area contributed by atoms with E-state index in [0.717, 1.165) is 23.6 Å². The second-order valence-electron chi connectivity index (χ2n) is 5.74. The highest BCUT2D eigenvalue weighted by atomic mass is 16.5. The third-order valence-corrected chi connectivity index (χ3v) is 3.24. The predicted octanol–water partition coefficient (Wildman–Crippen LogP) is 0.825. The first-order valence-electron chi connectivity index (χ1n) is 6.65. The zero-order valence-corrected chi connectivity index (χ0v) is 11.9. The summed E-state index contributed by atoms with van der Waals surface area (Å²) in [4.78, 5) is 6.74. The molecule has 2 heterocycles. The molecule has 1 saturated heterocycles. The van der Waals surface area contributed by atoms with Crippen molar-refractivity contribution in [2.75, 3.05) is 24.6 Å². The number of hydrogen-bond acceptors (Lipinski definition) is 5. The average molecular weight is 265 g/mol. The SMILES string of the molecule is Cc1cc(CN)cc(N2CC(CO)OC(C)(C)C2)n1. The van der Waals surface area contributed by atoms with Crippen LogP contribution in [0.3, 0.4) is 0 Å². The van der Waals surface area contributed by atoms with Crippen molar-refractivity contribution >= 4 is 5.82 Å². The van der Waals surface area contributed by atoms with Gasteiger partial charge in [-0.3, -0.25) is 0 Å². The van der Waals surface area contributed by atoms with Crippen LogP contribution in [0.2, 0.25) is 0 Å². The Bertz CT molecular complexity index is 448. The number of aromatic nitrogens is 1. The Morgan fingerprint density at radius 2 is 2.26 bits per heavy atom. The third kappa shape index (κ3) is 3.43.